The second-order valence-corrected chi connectivity index (χ2v) is 8.58. The highest BCUT2D eigenvalue weighted by atomic mass is 32.2. The third kappa shape index (κ3) is 5.83. The smallest absolute Gasteiger partial charge is 0.324 e. The van der Waals surface area contributed by atoms with Gasteiger partial charge in [0.1, 0.15) is 6.04 Å². The minimum absolute atomic E-state index is 0.0595. The Kier molecular flexibility index (Phi) is 8.01. The van der Waals surface area contributed by atoms with Crippen molar-refractivity contribution in [1.82, 2.24) is 4.72 Å². The highest BCUT2D eigenvalue weighted by Gasteiger charge is 2.27. The van der Waals surface area contributed by atoms with Crippen LogP contribution < -0.4 is 21.1 Å². The Hall–Kier alpha value is -2.85. The first-order valence-electron chi connectivity index (χ1n) is 9.60. The molecule has 0 aliphatic heterocycles. The fourth-order valence-corrected chi connectivity index (χ4v) is 4.55. The van der Waals surface area contributed by atoms with E-state index >= 15 is 0 Å². The fourth-order valence-electron chi connectivity index (χ4n) is 3.11. The van der Waals surface area contributed by atoms with Gasteiger partial charge in [-0.3, -0.25) is 9.79 Å². The molecule has 30 heavy (non-hydrogen) atoms. The number of anilines is 1. The number of hydrogen-bond donors (Lipinski definition) is 3. The molecule has 0 fully saturated rings. The Bertz CT molecular complexity index is 1020. The number of hydrogen-bond acceptors (Lipinski definition) is 6. The van der Waals surface area contributed by atoms with Crippen molar-refractivity contribution in [3.05, 3.63) is 36.4 Å². The molecule has 0 amide bonds. The van der Waals surface area contributed by atoms with Crippen molar-refractivity contribution >= 4 is 38.4 Å². The zero-order valence-electron chi connectivity index (χ0n) is 17.5. The number of fused-ring (bicyclic) bond motifs is 1. The average molecular weight is 436 g/mol. The van der Waals surface area contributed by atoms with E-state index in [1.165, 1.54) is 6.07 Å². The lowest BCUT2D eigenvalue weighted by atomic mass is 10.1. The normalized spacial score (nSPS) is 12.4. The molecule has 0 aliphatic carbocycles. The lowest BCUT2D eigenvalue weighted by molar-refractivity contribution is -0.145. The van der Waals surface area contributed by atoms with Crippen molar-refractivity contribution in [2.24, 2.45) is 16.5 Å². The van der Waals surface area contributed by atoms with Gasteiger partial charge in [-0.1, -0.05) is 24.3 Å². The number of esters is 1. The molecule has 10 heteroatoms. The van der Waals surface area contributed by atoms with Crippen LogP contribution in [0.3, 0.4) is 0 Å². The standard InChI is InChI=1S/C20H29N5O4S/c1-4-29-19(26)16(10-7-13-23-20(21)22)24-30(27,28)18-12-6-8-14-15(18)9-5-11-17(14)25(2)3/h5-6,8-9,11-12,16,24H,4,7,10,13H2,1-3H3,(H4,21,22,23)/t16-/m0/s1. The van der Waals surface area contributed by atoms with Gasteiger partial charge in [-0.05, 0) is 31.9 Å². The summed E-state index contributed by atoms with van der Waals surface area (Å²) in [5, 5.41) is 1.37. The molecule has 0 aromatic heterocycles. The van der Waals surface area contributed by atoms with Crippen molar-refractivity contribution < 1.29 is 17.9 Å². The van der Waals surface area contributed by atoms with Gasteiger partial charge in [0.15, 0.2) is 5.96 Å². The summed E-state index contributed by atoms with van der Waals surface area (Å²) in [6.07, 6.45) is 0.604. The van der Waals surface area contributed by atoms with Gasteiger partial charge in [-0.15, -0.1) is 0 Å². The van der Waals surface area contributed by atoms with Gasteiger partial charge in [0.25, 0.3) is 0 Å². The van der Waals surface area contributed by atoms with Crippen LogP contribution in [0.25, 0.3) is 10.8 Å². The maximum Gasteiger partial charge on any atom is 0.324 e. The van der Waals surface area contributed by atoms with E-state index in [9.17, 15) is 13.2 Å². The van der Waals surface area contributed by atoms with Gasteiger partial charge >= 0.3 is 5.97 Å². The van der Waals surface area contributed by atoms with Crippen molar-refractivity contribution in [2.45, 2.75) is 30.7 Å². The number of guanidine groups is 1. The highest BCUT2D eigenvalue weighted by molar-refractivity contribution is 7.89. The summed E-state index contributed by atoms with van der Waals surface area (Å²) >= 11 is 0. The van der Waals surface area contributed by atoms with Gasteiger partial charge in [0, 0.05) is 37.1 Å². The number of nitrogens with one attached hydrogen (secondary N) is 1. The molecule has 2 aromatic rings. The predicted molar refractivity (Wildman–Crippen MR) is 119 cm³/mol. The summed E-state index contributed by atoms with van der Waals surface area (Å²) in [7, 11) is -0.219. The van der Waals surface area contributed by atoms with Crippen LogP contribution in [-0.2, 0) is 19.6 Å². The molecule has 0 radical (unpaired) electrons. The summed E-state index contributed by atoms with van der Waals surface area (Å²) in [5.74, 6) is -0.698. The number of nitrogens with zero attached hydrogens (tertiary/aromatic N) is 2. The molecule has 5 N–H and O–H groups in total. The first-order chi connectivity index (χ1) is 14.2. The summed E-state index contributed by atoms with van der Waals surface area (Å²) < 4.78 is 33.9. The van der Waals surface area contributed by atoms with Crippen LogP contribution in [-0.4, -0.2) is 53.6 Å². The number of carbonyl (C=O) groups is 1. The maximum absolute atomic E-state index is 13.2. The monoisotopic (exact) mass is 435 g/mol. The summed E-state index contributed by atoms with van der Waals surface area (Å²) in [6, 6.07) is 9.48. The van der Waals surface area contributed by atoms with Crippen LogP contribution in [0, 0.1) is 0 Å². The van der Waals surface area contributed by atoms with E-state index in [0.717, 1.165) is 11.1 Å². The quantitative estimate of drug-likeness (QED) is 0.220. The molecule has 0 spiro atoms. The summed E-state index contributed by atoms with van der Waals surface area (Å²) in [4.78, 5) is 18.2. The highest BCUT2D eigenvalue weighted by Crippen LogP contribution is 2.30. The van der Waals surface area contributed by atoms with Crippen LogP contribution in [0.5, 0.6) is 0 Å². The molecule has 0 saturated heterocycles. The number of carbonyl (C=O) groups excluding carboxylic acids is 1. The Labute approximate surface area is 177 Å². The molecule has 0 heterocycles. The van der Waals surface area contributed by atoms with E-state index in [2.05, 4.69) is 9.71 Å². The second-order valence-electron chi connectivity index (χ2n) is 6.90. The van der Waals surface area contributed by atoms with E-state index in [-0.39, 0.29) is 30.4 Å². The van der Waals surface area contributed by atoms with Crippen LogP contribution >= 0.6 is 0 Å². The molecular weight excluding hydrogens is 406 g/mol. The maximum atomic E-state index is 13.2. The van der Waals surface area contributed by atoms with Crippen LogP contribution in [0.1, 0.15) is 19.8 Å². The van der Waals surface area contributed by atoms with E-state index in [0.29, 0.717) is 11.8 Å². The number of ether oxygens (including phenoxy) is 1. The van der Waals surface area contributed by atoms with E-state index < -0.39 is 22.0 Å². The predicted octanol–water partition coefficient (Wildman–Crippen LogP) is 1.17. The van der Waals surface area contributed by atoms with Gasteiger partial charge in [-0.25, -0.2) is 8.42 Å². The Morgan fingerprint density at radius 2 is 1.83 bits per heavy atom. The molecule has 164 valence electrons. The molecule has 1 atom stereocenters. The van der Waals surface area contributed by atoms with Crippen molar-refractivity contribution in [3.63, 3.8) is 0 Å². The van der Waals surface area contributed by atoms with E-state index in [1.54, 1.807) is 25.1 Å². The molecule has 2 aromatic carbocycles. The van der Waals surface area contributed by atoms with E-state index in [4.69, 9.17) is 16.2 Å². The van der Waals surface area contributed by atoms with E-state index in [1.807, 2.05) is 31.1 Å². The zero-order chi connectivity index (χ0) is 22.3. The summed E-state index contributed by atoms with van der Waals surface area (Å²) in [6.45, 7) is 2.09. The number of nitrogens with two attached hydrogens (primary N) is 2. The van der Waals surface area contributed by atoms with Crippen LogP contribution in [0.4, 0.5) is 5.69 Å². The lowest BCUT2D eigenvalue weighted by Crippen LogP contribution is -2.42. The molecule has 2 rings (SSSR count). The Morgan fingerprint density at radius 1 is 1.17 bits per heavy atom. The SMILES string of the molecule is CCOC(=O)[C@H](CCCN=C(N)N)NS(=O)(=O)c1cccc2c(N(C)C)cccc12. The topological polar surface area (TPSA) is 140 Å². The number of benzene rings is 2. The third-order valence-electron chi connectivity index (χ3n) is 4.44. The summed E-state index contributed by atoms with van der Waals surface area (Å²) in [5.41, 5.74) is 11.5. The Morgan fingerprint density at radius 3 is 2.47 bits per heavy atom. The van der Waals surface area contributed by atoms with Gasteiger partial charge in [0.2, 0.25) is 10.0 Å². The average Bonchev–Trinajstić information content (AvgIpc) is 2.69. The molecule has 9 nitrogen and oxygen atoms in total. The second kappa shape index (κ2) is 10.3. The van der Waals surface area contributed by atoms with Crippen molar-refractivity contribution in [3.8, 4) is 0 Å². The lowest BCUT2D eigenvalue weighted by Gasteiger charge is -2.19. The first kappa shape index (κ1) is 23.4. The van der Waals surface area contributed by atoms with Gasteiger partial charge in [0.05, 0.1) is 11.5 Å². The largest absolute Gasteiger partial charge is 0.465 e. The molecular formula is C20H29N5O4S. The van der Waals surface area contributed by atoms with Crippen LogP contribution in [0.2, 0.25) is 0 Å². The minimum Gasteiger partial charge on any atom is -0.465 e. The number of sulfonamides is 1. The molecule has 0 unspecified atom stereocenters. The fraction of sp³-hybridized carbons (Fsp3) is 0.400. The minimum atomic E-state index is -4.00. The number of aliphatic imine (C=N–C) groups is 1. The van der Waals surface area contributed by atoms with Crippen molar-refractivity contribution in [1.29, 1.82) is 0 Å². The number of rotatable bonds is 10. The van der Waals surface area contributed by atoms with Gasteiger partial charge < -0.3 is 21.1 Å². The first-order valence-corrected chi connectivity index (χ1v) is 11.1. The van der Waals surface area contributed by atoms with Crippen LogP contribution in [0.15, 0.2) is 46.3 Å². The molecule has 0 bridgehead atoms. The molecule has 0 saturated carbocycles. The van der Waals surface area contributed by atoms with Crippen molar-refractivity contribution in [2.75, 3.05) is 32.1 Å². The third-order valence-corrected chi connectivity index (χ3v) is 5.97. The molecule has 0 aliphatic rings. The zero-order valence-corrected chi connectivity index (χ0v) is 18.3. The van der Waals surface area contributed by atoms with Gasteiger partial charge in [-0.2, -0.15) is 4.72 Å². The Balaban J connectivity index is 2.36.